The molecular formula is C28H31N3O4S. The van der Waals surface area contributed by atoms with Crippen LogP contribution in [0.15, 0.2) is 54.6 Å². The van der Waals surface area contributed by atoms with E-state index in [0.29, 0.717) is 11.6 Å². The maximum atomic E-state index is 11.5. The predicted molar refractivity (Wildman–Crippen MR) is 145 cm³/mol. The van der Waals surface area contributed by atoms with Crippen LogP contribution in [0.4, 0.5) is 5.69 Å². The quantitative estimate of drug-likeness (QED) is 0.348. The lowest BCUT2D eigenvalue weighted by atomic mass is 9.83. The molecule has 0 saturated heterocycles. The Morgan fingerprint density at radius 3 is 2.14 bits per heavy atom. The second-order valence-corrected chi connectivity index (χ2v) is 11.6. The lowest BCUT2D eigenvalue weighted by Crippen LogP contribution is -2.14. The van der Waals surface area contributed by atoms with E-state index in [1.807, 2.05) is 43.3 Å². The van der Waals surface area contributed by atoms with Gasteiger partial charge in [-0.1, -0.05) is 32.9 Å². The van der Waals surface area contributed by atoms with Gasteiger partial charge in [-0.3, -0.25) is 4.72 Å². The highest BCUT2D eigenvalue weighted by atomic mass is 32.2. The minimum Gasteiger partial charge on any atom is -0.494 e. The molecule has 4 rings (SSSR count). The molecular weight excluding hydrogens is 474 g/mol. The molecule has 2 aromatic heterocycles. The Bertz CT molecular complexity index is 1540. The van der Waals surface area contributed by atoms with Crippen molar-refractivity contribution in [3.8, 4) is 34.0 Å². The number of benzene rings is 2. The van der Waals surface area contributed by atoms with Crippen molar-refractivity contribution in [2.45, 2.75) is 33.1 Å². The minimum atomic E-state index is -3.35. The molecule has 188 valence electrons. The molecule has 0 aliphatic heterocycles. The van der Waals surface area contributed by atoms with Gasteiger partial charge in [0.15, 0.2) is 0 Å². The van der Waals surface area contributed by atoms with Crippen LogP contribution in [0.5, 0.6) is 11.6 Å². The van der Waals surface area contributed by atoms with Gasteiger partial charge >= 0.3 is 0 Å². The van der Waals surface area contributed by atoms with E-state index in [0.717, 1.165) is 56.5 Å². The van der Waals surface area contributed by atoms with Crippen LogP contribution in [0.2, 0.25) is 0 Å². The number of aryl methyl sites for hydroxylation is 1. The molecule has 36 heavy (non-hydrogen) atoms. The molecule has 4 aromatic rings. The Hall–Kier alpha value is -3.65. The van der Waals surface area contributed by atoms with E-state index in [9.17, 15) is 8.42 Å². The van der Waals surface area contributed by atoms with Crippen molar-refractivity contribution in [2.24, 2.45) is 0 Å². The number of nitrogens with zero attached hydrogens (tertiary/aromatic N) is 2. The van der Waals surface area contributed by atoms with Crippen LogP contribution in [0, 0.1) is 6.92 Å². The van der Waals surface area contributed by atoms with Gasteiger partial charge < -0.3 is 9.47 Å². The lowest BCUT2D eigenvalue weighted by Gasteiger charge is -2.25. The Morgan fingerprint density at radius 2 is 1.56 bits per heavy atom. The Morgan fingerprint density at radius 1 is 0.861 bits per heavy atom. The molecule has 0 radical (unpaired) electrons. The van der Waals surface area contributed by atoms with Crippen molar-refractivity contribution in [1.29, 1.82) is 0 Å². The van der Waals surface area contributed by atoms with Gasteiger partial charge in [0.1, 0.15) is 11.3 Å². The summed E-state index contributed by atoms with van der Waals surface area (Å²) in [4.78, 5) is 9.61. The topological polar surface area (TPSA) is 90.4 Å². The van der Waals surface area contributed by atoms with Crippen LogP contribution < -0.4 is 14.2 Å². The second-order valence-electron chi connectivity index (χ2n) is 9.81. The van der Waals surface area contributed by atoms with Crippen molar-refractivity contribution < 1.29 is 17.9 Å². The minimum absolute atomic E-state index is 0.212. The predicted octanol–water partition coefficient (Wildman–Crippen LogP) is 5.96. The molecule has 0 saturated carbocycles. The van der Waals surface area contributed by atoms with E-state index >= 15 is 0 Å². The highest BCUT2D eigenvalue weighted by Crippen LogP contribution is 2.44. The zero-order valence-corrected chi connectivity index (χ0v) is 22.4. The maximum Gasteiger partial charge on any atom is 0.229 e. The molecule has 0 fully saturated rings. The van der Waals surface area contributed by atoms with Crippen molar-refractivity contribution in [1.82, 2.24) is 9.97 Å². The Labute approximate surface area is 212 Å². The van der Waals surface area contributed by atoms with Gasteiger partial charge in [0.25, 0.3) is 0 Å². The number of ether oxygens (including phenoxy) is 2. The standard InChI is InChI=1S/C28H31N3O4S/c1-17-8-13-21(27(29-17)35-6)22-16-23(28(2,3)4)26(34-5)25-20(22)14-15-24(30-25)18-9-11-19(12-10-18)31-36(7,32)33/h8-16,31H,1-7H3. The molecule has 2 heterocycles. The van der Waals surface area contributed by atoms with E-state index < -0.39 is 10.0 Å². The smallest absolute Gasteiger partial charge is 0.229 e. The largest absolute Gasteiger partial charge is 0.494 e. The van der Waals surface area contributed by atoms with Gasteiger partial charge in [-0.25, -0.2) is 18.4 Å². The number of hydrogen-bond acceptors (Lipinski definition) is 6. The molecule has 7 nitrogen and oxygen atoms in total. The summed E-state index contributed by atoms with van der Waals surface area (Å²) >= 11 is 0. The fraction of sp³-hybridized carbons (Fsp3) is 0.286. The summed E-state index contributed by atoms with van der Waals surface area (Å²) in [5.74, 6) is 1.27. The first-order valence-corrected chi connectivity index (χ1v) is 13.4. The highest BCUT2D eigenvalue weighted by molar-refractivity contribution is 7.92. The fourth-order valence-corrected chi connectivity index (χ4v) is 4.79. The monoisotopic (exact) mass is 505 g/mol. The molecule has 0 aliphatic rings. The zero-order chi connectivity index (χ0) is 26.3. The normalized spacial score (nSPS) is 12.0. The number of rotatable bonds is 6. The Balaban J connectivity index is 1.97. The van der Waals surface area contributed by atoms with Gasteiger partial charge in [0, 0.05) is 33.5 Å². The average Bonchev–Trinajstić information content (AvgIpc) is 2.81. The zero-order valence-electron chi connectivity index (χ0n) is 21.6. The average molecular weight is 506 g/mol. The summed E-state index contributed by atoms with van der Waals surface area (Å²) < 4.78 is 37.2. The van der Waals surface area contributed by atoms with Crippen molar-refractivity contribution in [2.75, 3.05) is 25.2 Å². The highest BCUT2D eigenvalue weighted by Gasteiger charge is 2.25. The fourth-order valence-electron chi connectivity index (χ4n) is 4.23. The number of aromatic nitrogens is 2. The van der Waals surface area contributed by atoms with Crippen LogP contribution in [0.25, 0.3) is 33.3 Å². The molecule has 0 unspecified atom stereocenters. The first-order valence-electron chi connectivity index (χ1n) is 11.5. The Kier molecular flexibility index (Phi) is 6.66. The number of hydrogen-bond donors (Lipinski definition) is 1. The summed E-state index contributed by atoms with van der Waals surface area (Å²) in [6, 6.07) is 17.3. The summed E-state index contributed by atoms with van der Waals surface area (Å²) in [6.07, 6.45) is 1.13. The first-order chi connectivity index (χ1) is 16.9. The molecule has 0 atom stereocenters. The van der Waals surface area contributed by atoms with Crippen LogP contribution >= 0.6 is 0 Å². The van der Waals surface area contributed by atoms with Crippen LogP contribution in [-0.2, 0) is 15.4 Å². The molecule has 0 spiro atoms. The first kappa shape index (κ1) is 25.4. The number of nitrogens with one attached hydrogen (secondary N) is 1. The van der Waals surface area contributed by atoms with E-state index in [1.165, 1.54) is 0 Å². The summed E-state index contributed by atoms with van der Waals surface area (Å²) in [6.45, 7) is 8.36. The molecule has 0 bridgehead atoms. The molecule has 2 aromatic carbocycles. The second kappa shape index (κ2) is 9.43. The third-order valence-corrected chi connectivity index (χ3v) is 6.52. The van der Waals surface area contributed by atoms with Crippen LogP contribution in [-0.4, -0.2) is 38.9 Å². The van der Waals surface area contributed by atoms with Gasteiger partial charge in [-0.2, -0.15) is 0 Å². The maximum absolute atomic E-state index is 11.5. The van der Waals surface area contributed by atoms with Gasteiger partial charge in [0.2, 0.25) is 15.9 Å². The lowest BCUT2D eigenvalue weighted by molar-refractivity contribution is 0.398. The molecule has 0 aliphatic carbocycles. The van der Waals surface area contributed by atoms with Crippen molar-refractivity contribution >= 4 is 26.6 Å². The SMILES string of the molecule is COc1nc(C)ccc1-c1cc(C(C)(C)C)c(OC)c2nc(-c3ccc(NS(C)(=O)=O)cc3)ccc12. The summed E-state index contributed by atoms with van der Waals surface area (Å²) in [5, 5.41) is 0.919. The molecule has 8 heteroatoms. The van der Waals surface area contributed by atoms with E-state index in [4.69, 9.17) is 14.5 Å². The van der Waals surface area contributed by atoms with Crippen LogP contribution in [0.3, 0.4) is 0 Å². The third-order valence-electron chi connectivity index (χ3n) is 5.91. The van der Waals surface area contributed by atoms with Crippen LogP contribution in [0.1, 0.15) is 32.0 Å². The number of anilines is 1. The van der Waals surface area contributed by atoms with E-state index in [2.05, 4.69) is 36.5 Å². The number of sulfonamides is 1. The van der Waals surface area contributed by atoms with Crippen molar-refractivity contribution in [3.63, 3.8) is 0 Å². The molecule has 1 N–H and O–H groups in total. The summed E-state index contributed by atoms with van der Waals surface area (Å²) in [5.41, 5.74) is 6.36. The van der Waals surface area contributed by atoms with Gasteiger partial charge in [-0.15, -0.1) is 0 Å². The van der Waals surface area contributed by atoms with E-state index in [1.54, 1.807) is 26.4 Å². The number of pyridine rings is 2. The summed E-state index contributed by atoms with van der Waals surface area (Å²) in [7, 11) is -0.0587. The third kappa shape index (κ3) is 5.14. The van der Waals surface area contributed by atoms with Gasteiger partial charge in [-0.05, 0) is 60.4 Å². The van der Waals surface area contributed by atoms with Gasteiger partial charge in [0.05, 0.1) is 26.2 Å². The van der Waals surface area contributed by atoms with Crippen molar-refractivity contribution in [3.05, 3.63) is 65.9 Å². The van der Waals surface area contributed by atoms with E-state index in [-0.39, 0.29) is 5.41 Å². The molecule has 0 amide bonds. The number of fused-ring (bicyclic) bond motifs is 1. The number of methoxy groups -OCH3 is 2.